The third-order valence-electron chi connectivity index (χ3n) is 4.21. The normalized spacial score (nSPS) is 11.7. The van der Waals surface area contributed by atoms with Gasteiger partial charge in [-0.1, -0.05) is 38.0 Å². The van der Waals surface area contributed by atoms with Crippen LogP contribution in [0, 0.1) is 0 Å². The van der Waals surface area contributed by atoms with Crippen LogP contribution in [0.1, 0.15) is 26.3 Å². The Morgan fingerprint density at radius 2 is 1.85 bits per heavy atom. The fraction of sp³-hybridized carbons (Fsp3) is 0.263. The van der Waals surface area contributed by atoms with E-state index in [0.29, 0.717) is 23.2 Å². The van der Waals surface area contributed by atoms with Gasteiger partial charge in [-0.25, -0.2) is 9.97 Å². The van der Waals surface area contributed by atoms with E-state index >= 15 is 0 Å². The van der Waals surface area contributed by atoms with E-state index in [1.807, 2.05) is 18.2 Å². The van der Waals surface area contributed by atoms with Crippen molar-refractivity contribution in [3.05, 3.63) is 42.1 Å². The van der Waals surface area contributed by atoms with Crippen molar-refractivity contribution in [3.8, 4) is 17.3 Å². The minimum absolute atomic E-state index is 0.0945. The highest BCUT2D eigenvalue weighted by atomic mass is 16.5. The maximum atomic E-state index is 5.71. The van der Waals surface area contributed by atoms with E-state index in [2.05, 4.69) is 63.4 Å². The quantitative estimate of drug-likeness (QED) is 0.563. The van der Waals surface area contributed by atoms with Crippen molar-refractivity contribution in [3.63, 3.8) is 0 Å². The molecule has 0 aliphatic rings. The van der Waals surface area contributed by atoms with Gasteiger partial charge in [0.1, 0.15) is 0 Å². The van der Waals surface area contributed by atoms with E-state index in [4.69, 9.17) is 9.15 Å². The maximum absolute atomic E-state index is 5.71. The number of ether oxygens (including phenoxy) is 1. The van der Waals surface area contributed by atoms with E-state index in [-0.39, 0.29) is 11.4 Å². The lowest BCUT2D eigenvalue weighted by atomic mass is 9.87. The number of nitrogens with one attached hydrogen (secondary N) is 2. The van der Waals surface area contributed by atoms with Gasteiger partial charge in [-0.15, -0.1) is 5.10 Å². The molecule has 0 spiro atoms. The lowest BCUT2D eigenvalue weighted by molar-refractivity contribution is 0.402. The van der Waals surface area contributed by atoms with Gasteiger partial charge in [-0.3, -0.25) is 5.32 Å². The summed E-state index contributed by atoms with van der Waals surface area (Å²) in [4.78, 5) is 11.7. The van der Waals surface area contributed by atoms with Crippen LogP contribution in [-0.2, 0) is 5.41 Å². The molecule has 138 valence electrons. The number of benzene rings is 1. The van der Waals surface area contributed by atoms with Crippen LogP contribution >= 0.6 is 0 Å². The number of pyridine rings is 1. The molecule has 3 heterocycles. The van der Waals surface area contributed by atoms with E-state index < -0.39 is 0 Å². The van der Waals surface area contributed by atoms with Gasteiger partial charge in [0, 0.05) is 11.8 Å². The summed E-state index contributed by atoms with van der Waals surface area (Å²) < 4.78 is 10.9. The summed E-state index contributed by atoms with van der Waals surface area (Å²) in [5.74, 6) is 1.35. The first-order chi connectivity index (χ1) is 12.9. The second kappa shape index (κ2) is 6.39. The van der Waals surface area contributed by atoms with Crippen LogP contribution in [0.5, 0.6) is 5.88 Å². The van der Waals surface area contributed by atoms with E-state index in [1.54, 1.807) is 13.3 Å². The Kier molecular flexibility index (Phi) is 4.02. The zero-order valence-electron chi connectivity index (χ0n) is 15.6. The molecule has 0 fully saturated rings. The Morgan fingerprint density at radius 3 is 2.56 bits per heavy atom. The zero-order valence-corrected chi connectivity index (χ0v) is 15.6. The molecule has 0 amide bonds. The van der Waals surface area contributed by atoms with Gasteiger partial charge < -0.3 is 14.1 Å². The summed E-state index contributed by atoms with van der Waals surface area (Å²) >= 11 is 0. The molecule has 0 aliphatic carbocycles. The summed E-state index contributed by atoms with van der Waals surface area (Å²) in [5, 5.41) is 11.1. The SMILES string of the molecule is COc1nccc2[nH]c(Nc3nnc(-c4ccc(C(C)(C)C)cc4)o3)nc12. The molecule has 2 N–H and O–H groups in total. The van der Waals surface area contributed by atoms with Crippen LogP contribution in [0.25, 0.3) is 22.5 Å². The Balaban J connectivity index is 1.56. The summed E-state index contributed by atoms with van der Waals surface area (Å²) in [7, 11) is 1.55. The average Bonchev–Trinajstić information content (AvgIpc) is 3.27. The fourth-order valence-electron chi connectivity index (χ4n) is 2.72. The molecule has 8 nitrogen and oxygen atoms in total. The maximum Gasteiger partial charge on any atom is 0.322 e. The monoisotopic (exact) mass is 364 g/mol. The highest BCUT2D eigenvalue weighted by Crippen LogP contribution is 2.27. The second-order valence-electron chi connectivity index (χ2n) is 7.17. The largest absolute Gasteiger partial charge is 0.479 e. The molecule has 0 radical (unpaired) electrons. The Hall–Kier alpha value is -3.42. The molecular weight excluding hydrogens is 344 g/mol. The first-order valence-electron chi connectivity index (χ1n) is 8.54. The van der Waals surface area contributed by atoms with Crippen LogP contribution in [0.15, 0.2) is 40.9 Å². The molecular formula is C19H20N6O2. The number of imidazole rings is 1. The predicted molar refractivity (Wildman–Crippen MR) is 102 cm³/mol. The number of hydrogen-bond donors (Lipinski definition) is 2. The molecule has 0 atom stereocenters. The van der Waals surface area contributed by atoms with Crippen molar-refractivity contribution in [2.24, 2.45) is 0 Å². The van der Waals surface area contributed by atoms with E-state index in [0.717, 1.165) is 11.1 Å². The third kappa shape index (κ3) is 3.33. The van der Waals surface area contributed by atoms with Crippen molar-refractivity contribution in [2.75, 3.05) is 12.4 Å². The molecule has 0 saturated carbocycles. The van der Waals surface area contributed by atoms with Crippen molar-refractivity contribution >= 4 is 23.0 Å². The highest BCUT2D eigenvalue weighted by molar-refractivity contribution is 5.82. The molecule has 0 unspecified atom stereocenters. The van der Waals surface area contributed by atoms with Gasteiger partial charge in [0.25, 0.3) is 0 Å². The molecule has 27 heavy (non-hydrogen) atoms. The second-order valence-corrected chi connectivity index (χ2v) is 7.17. The number of fused-ring (bicyclic) bond motifs is 1. The van der Waals surface area contributed by atoms with Gasteiger partial charge in [0.15, 0.2) is 5.52 Å². The van der Waals surface area contributed by atoms with Gasteiger partial charge in [-0.05, 0) is 29.2 Å². The molecule has 3 aromatic heterocycles. The molecule has 4 aromatic rings. The molecule has 0 saturated heterocycles. The molecule has 1 aromatic carbocycles. The predicted octanol–water partition coefficient (Wildman–Crippen LogP) is 4.06. The standard InChI is InChI=1S/C19H20N6O2/c1-19(2,3)12-7-5-11(6-8-12)15-24-25-18(27-15)23-17-21-13-9-10-20-16(26-4)14(13)22-17/h5-10H,1-4H3,(H2,21,22,23,25). The number of anilines is 2. The summed E-state index contributed by atoms with van der Waals surface area (Å²) in [6, 6.07) is 10.2. The number of hydrogen-bond acceptors (Lipinski definition) is 7. The van der Waals surface area contributed by atoms with Gasteiger partial charge in [-0.2, -0.15) is 0 Å². The molecule has 0 bridgehead atoms. The number of rotatable bonds is 4. The van der Waals surface area contributed by atoms with E-state index in [1.165, 1.54) is 5.56 Å². The van der Waals surface area contributed by atoms with E-state index in [9.17, 15) is 0 Å². The number of aromatic nitrogens is 5. The lowest BCUT2D eigenvalue weighted by Gasteiger charge is -2.18. The Labute approximate surface area is 156 Å². The van der Waals surface area contributed by atoms with Crippen LogP contribution in [0.3, 0.4) is 0 Å². The minimum atomic E-state index is 0.0945. The van der Waals surface area contributed by atoms with Crippen LogP contribution in [0.4, 0.5) is 12.0 Å². The number of nitrogens with zero attached hydrogens (tertiary/aromatic N) is 4. The average molecular weight is 364 g/mol. The Bertz CT molecular complexity index is 1080. The van der Waals surface area contributed by atoms with Crippen molar-refractivity contribution in [1.29, 1.82) is 0 Å². The van der Waals surface area contributed by atoms with Crippen molar-refractivity contribution in [1.82, 2.24) is 25.1 Å². The highest BCUT2D eigenvalue weighted by Gasteiger charge is 2.15. The summed E-state index contributed by atoms with van der Waals surface area (Å²) in [6.45, 7) is 6.53. The summed E-state index contributed by atoms with van der Waals surface area (Å²) in [5.41, 5.74) is 3.62. The van der Waals surface area contributed by atoms with Crippen LogP contribution in [0.2, 0.25) is 0 Å². The van der Waals surface area contributed by atoms with Crippen molar-refractivity contribution in [2.45, 2.75) is 26.2 Å². The van der Waals surface area contributed by atoms with Crippen LogP contribution in [-0.4, -0.2) is 32.3 Å². The van der Waals surface area contributed by atoms with Crippen LogP contribution < -0.4 is 10.1 Å². The molecule has 4 rings (SSSR count). The van der Waals surface area contributed by atoms with Gasteiger partial charge in [0.05, 0.1) is 12.6 Å². The minimum Gasteiger partial charge on any atom is -0.479 e. The lowest BCUT2D eigenvalue weighted by Crippen LogP contribution is -2.10. The first kappa shape index (κ1) is 17.0. The Morgan fingerprint density at radius 1 is 1.07 bits per heavy atom. The first-order valence-corrected chi connectivity index (χ1v) is 8.54. The third-order valence-corrected chi connectivity index (χ3v) is 4.21. The molecule has 0 aliphatic heterocycles. The summed E-state index contributed by atoms with van der Waals surface area (Å²) in [6.07, 6.45) is 1.65. The zero-order chi connectivity index (χ0) is 19.0. The number of aromatic amines is 1. The topological polar surface area (TPSA) is 102 Å². The van der Waals surface area contributed by atoms with Gasteiger partial charge >= 0.3 is 6.01 Å². The molecule has 8 heteroatoms. The smallest absolute Gasteiger partial charge is 0.322 e. The van der Waals surface area contributed by atoms with Crippen molar-refractivity contribution < 1.29 is 9.15 Å². The number of H-pyrrole nitrogens is 1. The number of methoxy groups -OCH3 is 1. The fourth-order valence-corrected chi connectivity index (χ4v) is 2.72. The van der Waals surface area contributed by atoms with Gasteiger partial charge in [0.2, 0.25) is 17.7 Å².